The third-order valence-electron chi connectivity index (χ3n) is 4.53. The molecule has 0 saturated carbocycles. The van der Waals surface area contributed by atoms with E-state index in [0.29, 0.717) is 30.7 Å². The predicted octanol–water partition coefficient (Wildman–Crippen LogP) is 4.68. The highest BCUT2D eigenvalue weighted by molar-refractivity contribution is 7.52. The Morgan fingerprint density at radius 2 is 2.00 bits per heavy atom. The minimum Gasteiger partial charge on any atom is -0.406 e. The van der Waals surface area contributed by atoms with Crippen molar-refractivity contribution in [3.63, 3.8) is 0 Å². The lowest BCUT2D eigenvalue weighted by atomic mass is 9.97. The van der Waals surface area contributed by atoms with Crippen LogP contribution >= 0.6 is 7.75 Å². The smallest absolute Gasteiger partial charge is 0.406 e. The number of nitrogens with zero attached hydrogens (tertiary/aromatic N) is 2. The van der Waals surface area contributed by atoms with E-state index in [9.17, 15) is 17.7 Å². The number of aliphatic hydroxyl groups excluding tert-OH is 1. The van der Waals surface area contributed by atoms with Crippen molar-refractivity contribution in [3.8, 4) is 5.75 Å². The van der Waals surface area contributed by atoms with E-state index < -0.39 is 14.1 Å². The summed E-state index contributed by atoms with van der Waals surface area (Å²) >= 11 is 0. The zero-order valence-electron chi connectivity index (χ0n) is 17.1. The molecule has 1 aromatic carbocycles. The summed E-state index contributed by atoms with van der Waals surface area (Å²) in [6.07, 6.45) is -1.19. The number of hydrogen-bond donors (Lipinski definition) is 1. The first-order valence-electron chi connectivity index (χ1n) is 9.31. The number of rotatable bonds is 9. The minimum atomic E-state index is -4.78. The maximum absolute atomic E-state index is 12.6. The van der Waals surface area contributed by atoms with Gasteiger partial charge in [-0.05, 0) is 37.5 Å². The van der Waals surface area contributed by atoms with Gasteiger partial charge in [-0.2, -0.15) is 4.76 Å². The largest absolute Gasteiger partial charge is 0.573 e. The molecule has 0 bridgehead atoms. The van der Waals surface area contributed by atoms with Crippen LogP contribution in [0.25, 0.3) is 0 Å². The van der Waals surface area contributed by atoms with E-state index in [1.807, 2.05) is 17.9 Å². The molecule has 0 radical (unpaired) electrons. The number of benzene rings is 1. The normalized spacial score (nSPS) is 19.2. The molecule has 0 fully saturated rings. The first-order valence-corrected chi connectivity index (χ1v) is 10.8. The molecule has 2 rings (SSSR count). The van der Waals surface area contributed by atoms with Crippen LogP contribution in [0.4, 0.5) is 13.2 Å². The van der Waals surface area contributed by atoms with Crippen LogP contribution < -0.4 is 4.74 Å². The third kappa shape index (κ3) is 7.12. The number of amidine groups is 1. The fourth-order valence-corrected chi connectivity index (χ4v) is 3.95. The summed E-state index contributed by atoms with van der Waals surface area (Å²) in [6.45, 7) is 2.16. The Morgan fingerprint density at radius 3 is 2.60 bits per heavy atom. The van der Waals surface area contributed by atoms with Gasteiger partial charge in [-0.15, -0.1) is 13.2 Å². The maximum Gasteiger partial charge on any atom is 0.573 e. The molecule has 7 nitrogen and oxygen atoms in total. The van der Waals surface area contributed by atoms with Gasteiger partial charge in [0, 0.05) is 39.8 Å². The molecule has 1 aliphatic heterocycles. The molecular formula is C19H26F3N2O5P. The van der Waals surface area contributed by atoms with E-state index in [-0.39, 0.29) is 24.9 Å². The van der Waals surface area contributed by atoms with Crippen molar-refractivity contribution < 1.29 is 36.6 Å². The van der Waals surface area contributed by atoms with Gasteiger partial charge in [0.05, 0.1) is 0 Å². The van der Waals surface area contributed by atoms with Gasteiger partial charge in [0.25, 0.3) is 0 Å². The van der Waals surface area contributed by atoms with Gasteiger partial charge in [-0.1, -0.05) is 23.8 Å². The predicted molar refractivity (Wildman–Crippen MR) is 106 cm³/mol. The van der Waals surface area contributed by atoms with E-state index in [1.165, 1.54) is 32.4 Å². The zero-order valence-corrected chi connectivity index (χ0v) is 17.9. The summed E-state index contributed by atoms with van der Waals surface area (Å²) in [6, 6.07) is 5.49. The van der Waals surface area contributed by atoms with Crippen molar-refractivity contribution >= 4 is 13.6 Å². The lowest BCUT2D eigenvalue weighted by molar-refractivity contribution is -0.274. The van der Waals surface area contributed by atoms with Gasteiger partial charge in [-0.3, -0.25) is 9.05 Å². The van der Waals surface area contributed by atoms with Crippen LogP contribution in [0.15, 0.2) is 40.7 Å². The Hall–Kier alpha value is -1.87. The highest BCUT2D eigenvalue weighted by Crippen LogP contribution is 2.49. The molecule has 1 N–H and O–H groups in total. The van der Waals surface area contributed by atoms with Crippen LogP contribution in [-0.2, 0) is 20.2 Å². The Morgan fingerprint density at radius 1 is 1.30 bits per heavy atom. The topological polar surface area (TPSA) is 80.6 Å². The first kappa shape index (κ1) is 24.4. The van der Waals surface area contributed by atoms with Gasteiger partial charge in [0.15, 0.2) is 0 Å². The molecule has 1 unspecified atom stereocenters. The van der Waals surface area contributed by atoms with Gasteiger partial charge in [0.2, 0.25) is 0 Å². The Kier molecular flexibility index (Phi) is 8.49. The van der Waals surface area contributed by atoms with Gasteiger partial charge >= 0.3 is 14.1 Å². The molecule has 0 aromatic heterocycles. The average molecular weight is 450 g/mol. The summed E-state index contributed by atoms with van der Waals surface area (Å²) in [5.41, 5.74) is 1.58. The third-order valence-corrected chi connectivity index (χ3v) is 5.92. The molecule has 11 heteroatoms. The van der Waals surface area contributed by atoms with E-state index in [0.717, 1.165) is 5.57 Å². The number of halogens is 3. The monoisotopic (exact) mass is 450 g/mol. The number of alkyl halides is 3. The summed E-state index contributed by atoms with van der Waals surface area (Å²) in [7, 11) is -1.26. The fourth-order valence-electron chi connectivity index (χ4n) is 3.17. The van der Waals surface area contributed by atoms with Crippen LogP contribution in [0.3, 0.4) is 0 Å². The molecule has 1 atom stereocenters. The molecule has 1 aliphatic rings. The molecule has 0 aliphatic carbocycles. The Balaban J connectivity index is 2.34. The maximum atomic E-state index is 12.6. The number of ether oxygens (including phenoxy) is 1. The van der Waals surface area contributed by atoms with Crippen molar-refractivity contribution in [3.05, 3.63) is 41.5 Å². The van der Waals surface area contributed by atoms with Gasteiger partial charge < -0.3 is 14.7 Å². The van der Waals surface area contributed by atoms with Crippen molar-refractivity contribution in [1.29, 1.82) is 0 Å². The molecule has 0 amide bonds. The van der Waals surface area contributed by atoms with Crippen molar-refractivity contribution in [2.75, 3.05) is 20.8 Å². The van der Waals surface area contributed by atoms with Gasteiger partial charge in [-0.25, -0.2) is 4.57 Å². The molecule has 30 heavy (non-hydrogen) atoms. The average Bonchev–Trinajstić information content (AvgIpc) is 2.68. The van der Waals surface area contributed by atoms with Crippen molar-refractivity contribution in [2.24, 2.45) is 4.76 Å². The quantitative estimate of drug-likeness (QED) is 0.435. The van der Waals surface area contributed by atoms with Crippen LogP contribution in [0, 0.1) is 0 Å². The second-order valence-corrected chi connectivity index (χ2v) is 8.61. The minimum absolute atomic E-state index is 0.0442. The highest BCUT2D eigenvalue weighted by atomic mass is 31.2. The molecule has 0 saturated heterocycles. The molecule has 1 heterocycles. The Bertz CT molecular complexity index is 821. The second-order valence-electron chi connectivity index (χ2n) is 6.74. The first-order chi connectivity index (χ1) is 14.1. The van der Waals surface area contributed by atoms with Crippen LogP contribution in [-0.4, -0.2) is 49.1 Å². The fraction of sp³-hybridized carbons (Fsp3) is 0.526. The van der Waals surface area contributed by atoms with Crippen LogP contribution in [0.1, 0.15) is 31.7 Å². The van der Waals surface area contributed by atoms with E-state index >= 15 is 0 Å². The zero-order chi connectivity index (χ0) is 22.4. The van der Waals surface area contributed by atoms with Crippen LogP contribution in [0.5, 0.6) is 5.75 Å². The van der Waals surface area contributed by atoms with Crippen molar-refractivity contribution in [2.45, 2.75) is 45.1 Å². The molecule has 1 aromatic rings. The summed E-state index contributed by atoms with van der Waals surface area (Å²) in [5.74, 6) is 0.119. The lowest BCUT2D eigenvalue weighted by Gasteiger charge is -2.36. The van der Waals surface area contributed by atoms with E-state index in [4.69, 9.17) is 14.2 Å². The molecule has 0 spiro atoms. The molecule has 168 valence electrons. The summed E-state index contributed by atoms with van der Waals surface area (Å²) in [4.78, 5) is 1.82. The SMILES string of the molecule is COP(=O)(/N=C1/CC(CCCO)=CC(C)N1Cc1cccc(OC(F)(F)F)c1)OC. The number of aliphatic hydroxyl groups is 1. The standard InChI is InChI=1S/C19H26F3N2O5P/c1-14-10-15(7-5-9-25)12-18(23-30(26,27-2)28-3)24(14)13-16-6-4-8-17(11-16)29-19(20,21)22/h4,6,8,10-11,14,25H,5,7,9,12-13H2,1-3H3/b23-18-. The second kappa shape index (κ2) is 10.4. The highest BCUT2D eigenvalue weighted by Gasteiger charge is 2.32. The van der Waals surface area contributed by atoms with Crippen LogP contribution in [0.2, 0.25) is 0 Å². The van der Waals surface area contributed by atoms with E-state index in [2.05, 4.69) is 9.50 Å². The number of hydrogen-bond acceptors (Lipinski definition) is 5. The van der Waals surface area contributed by atoms with Gasteiger partial charge in [0.1, 0.15) is 11.6 Å². The summed E-state index contributed by atoms with van der Waals surface area (Å²) < 4.78 is 68.2. The van der Waals surface area contributed by atoms with E-state index in [1.54, 1.807) is 6.07 Å². The Labute approximate surface area is 173 Å². The summed E-state index contributed by atoms with van der Waals surface area (Å²) in [5, 5.41) is 9.10. The lowest BCUT2D eigenvalue weighted by Crippen LogP contribution is -2.40. The van der Waals surface area contributed by atoms with Crippen molar-refractivity contribution in [1.82, 2.24) is 4.90 Å². The molecular weight excluding hydrogens is 424 g/mol.